The summed E-state index contributed by atoms with van der Waals surface area (Å²) in [6.45, 7) is 8.31. The molecule has 0 atom stereocenters. The van der Waals surface area contributed by atoms with Crippen LogP contribution in [0.2, 0.25) is 0 Å². The summed E-state index contributed by atoms with van der Waals surface area (Å²) in [5.74, 6) is 1.01. The van der Waals surface area contributed by atoms with Crippen LogP contribution in [0.5, 0.6) is 0 Å². The molecule has 0 aliphatic carbocycles. The Morgan fingerprint density at radius 1 is 1.28 bits per heavy atom. The van der Waals surface area contributed by atoms with Gasteiger partial charge in [0.15, 0.2) is 5.82 Å². The normalized spacial score (nSPS) is 17.8. The maximum atomic E-state index is 5.56. The molecule has 100 valence electrons. The fourth-order valence-electron chi connectivity index (χ4n) is 2.34. The summed E-state index contributed by atoms with van der Waals surface area (Å²) in [5, 5.41) is 8.27. The molecule has 2 rings (SSSR count). The second-order valence-corrected chi connectivity index (χ2v) is 4.92. The maximum Gasteiger partial charge on any atom is 0.151 e. The molecule has 1 aliphatic heterocycles. The molecule has 2 N–H and O–H groups in total. The van der Waals surface area contributed by atoms with E-state index < -0.39 is 0 Å². The first-order valence-corrected chi connectivity index (χ1v) is 6.76. The van der Waals surface area contributed by atoms with Gasteiger partial charge in [-0.25, -0.2) is 0 Å². The lowest BCUT2D eigenvalue weighted by molar-refractivity contribution is 0.291. The summed E-state index contributed by atoms with van der Waals surface area (Å²) in [6.07, 6.45) is 4.07. The zero-order valence-corrected chi connectivity index (χ0v) is 11.2. The molecule has 0 amide bonds. The van der Waals surface area contributed by atoms with Crippen LogP contribution in [-0.2, 0) is 0 Å². The van der Waals surface area contributed by atoms with Crippen molar-refractivity contribution in [2.24, 2.45) is 5.73 Å². The number of hydrogen-bond donors (Lipinski definition) is 1. The third-order valence-corrected chi connectivity index (χ3v) is 3.37. The van der Waals surface area contributed by atoms with Crippen LogP contribution in [0.3, 0.4) is 0 Å². The van der Waals surface area contributed by atoms with Crippen LogP contribution in [0.1, 0.15) is 18.4 Å². The zero-order valence-electron chi connectivity index (χ0n) is 11.2. The molecule has 5 heteroatoms. The SMILES string of the molecule is Cc1cnnc(N2CCCN(CCCN)CC2)c1. The highest BCUT2D eigenvalue weighted by molar-refractivity contribution is 5.39. The molecule has 1 fully saturated rings. The Hall–Kier alpha value is -1.20. The van der Waals surface area contributed by atoms with Crippen molar-refractivity contribution in [3.8, 4) is 0 Å². The summed E-state index contributed by atoms with van der Waals surface area (Å²) >= 11 is 0. The molecule has 18 heavy (non-hydrogen) atoms. The molecule has 1 aromatic rings. The van der Waals surface area contributed by atoms with E-state index in [1.807, 2.05) is 0 Å². The van der Waals surface area contributed by atoms with Crippen molar-refractivity contribution in [1.29, 1.82) is 0 Å². The van der Waals surface area contributed by atoms with E-state index in [1.165, 1.54) is 12.0 Å². The Morgan fingerprint density at radius 2 is 2.17 bits per heavy atom. The molecule has 1 aromatic heterocycles. The highest BCUT2D eigenvalue weighted by Crippen LogP contribution is 2.13. The van der Waals surface area contributed by atoms with E-state index in [4.69, 9.17) is 5.73 Å². The second kappa shape index (κ2) is 6.66. The summed E-state index contributed by atoms with van der Waals surface area (Å²) in [7, 11) is 0. The average molecular weight is 249 g/mol. The highest BCUT2D eigenvalue weighted by Gasteiger charge is 2.15. The number of aryl methyl sites for hydroxylation is 1. The molecule has 0 aromatic carbocycles. The first kappa shape index (κ1) is 13.2. The van der Waals surface area contributed by atoms with E-state index in [1.54, 1.807) is 6.20 Å². The standard InChI is InChI=1S/C13H23N5/c1-12-10-13(16-15-11-12)18-7-3-6-17(8-9-18)5-2-4-14/h10-11H,2-9,14H2,1H3. The van der Waals surface area contributed by atoms with Gasteiger partial charge in [0.05, 0.1) is 6.20 Å². The average Bonchev–Trinajstić information content (AvgIpc) is 2.62. The van der Waals surface area contributed by atoms with Gasteiger partial charge in [-0.3, -0.25) is 0 Å². The van der Waals surface area contributed by atoms with Gasteiger partial charge in [-0.2, -0.15) is 5.10 Å². The smallest absolute Gasteiger partial charge is 0.151 e. The first-order valence-electron chi connectivity index (χ1n) is 6.76. The quantitative estimate of drug-likeness (QED) is 0.849. The topological polar surface area (TPSA) is 58.3 Å². The predicted molar refractivity (Wildman–Crippen MR) is 73.7 cm³/mol. The van der Waals surface area contributed by atoms with Gasteiger partial charge in [0.25, 0.3) is 0 Å². The third-order valence-electron chi connectivity index (χ3n) is 3.37. The van der Waals surface area contributed by atoms with Crippen LogP contribution < -0.4 is 10.6 Å². The second-order valence-electron chi connectivity index (χ2n) is 4.92. The van der Waals surface area contributed by atoms with Crippen molar-refractivity contribution in [3.05, 3.63) is 17.8 Å². The zero-order chi connectivity index (χ0) is 12.8. The van der Waals surface area contributed by atoms with Gasteiger partial charge in [0, 0.05) is 19.6 Å². The van der Waals surface area contributed by atoms with Crippen LogP contribution in [0.25, 0.3) is 0 Å². The predicted octanol–water partition coefficient (Wildman–Crippen LogP) is 0.646. The summed E-state index contributed by atoms with van der Waals surface area (Å²) in [6, 6.07) is 2.11. The van der Waals surface area contributed by atoms with Gasteiger partial charge in [0.1, 0.15) is 0 Å². The van der Waals surface area contributed by atoms with Crippen LogP contribution >= 0.6 is 0 Å². The fourth-order valence-corrected chi connectivity index (χ4v) is 2.34. The van der Waals surface area contributed by atoms with Crippen LogP contribution in [0.15, 0.2) is 12.3 Å². The Bertz CT molecular complexity index is 368. The van der Waals surface area contributed by atoms with Gasteiger partial charge in [0.2, 0.25) is 0 Å². The van der Waals surface area contributed by atoms with Crippen LogP contribution in [0, 0.1) is 6.92 Å². The molecular formula is C13H23N5. The summed E-state index contributed by atoms with van der Waals surface area (Å²) < 4.78 is 0. The summed E-state index contributed by atoms with van der Waals surface area (Å²) in [5.41, 5.74) is 6.73. The minimum atomic E-state index is 0.781. The molecule has 5 nitrogen and oxygen atoms in total. The maximum absolute atomic E-state index is 5.56. The molecule has 0 saturated carbocycles. The van der Waals surface area contributed by atoms with Gasteiger partial charge in [-0.15, -0.1) is 5.10 Å². The third kappa shape index (κ3) is 3.65. The van der Waals surface area contributed by atoms with E-state index >= 15 is 0 Å². The minimum absolute atomic E-state index is 0.781. The van der Waals surface area contributed by atoms with Crippen LogP contribution in [0.4, 0.5) is 5.82 Å². The van der Waals surface area contributed by atoms with E-state index in [9.17, 15) is 0 Å². The number of aromatic nitrogens is 2. The van der Waals surface area contributed by atoms with Gasteiger partial charge in [-0.05, 0) is 51.0 Å². The lowest BCUT2D eigenvalue weighted by atomic mass is 10.3. The largest absolute Gasteiger partial charge is 0.354 e. The fraction of sp³-hybridized carbons (Fsp3) is 0.692. The molecule has 2 heterocycles. The Kier molecular flexibility index (Phi) is 4.90. The lowest BCUT2D eigenvalue weighted by Crippen LogP contribution is -2.32. The molecular weight excluding hydrogens is 226 g/mol. The molecule has 0 radical (unpaired) electrons. The molecule has 0 unspecified atom stereocenters. The van der Waals surface area contributed by atoms with Gasteiger partial charge < -0.3 is 15.5 Å². The highest BCUT2D eigenvalue weighted by atomic mass is 15.3. The van der Waals surface area contributed by atoms with E-state index in [0.29, 0.717) is 0 Å². The Morgan fingerprint density at radius 3 is 2.94 bits per heavy atom. The number of nitrogens with two attached hydrogens (primary N) is 1. The molecule has 0 bridgehead atoms. The number of anilines is 1. The monoisotopic (exact) mass is 249 g/mol. The van der Waals surface area contributed by atoms with E-state index in [2.05, 4.69) is 33.0 Å². The van der Waals surface area contributed by atoms with Crippen LogP contribution in [-0.4, -0.2) is 54.4 Å². The van der Waals surface area contributed by atoms with Crippen molar-refractivity contribution in [2.75, 3.05) is 44.2 Å². The van der Waals surface area contributed by atoms with Crippen molar-refractivity contribution < 1.29 is 0 Å². The number of rotatable bonds is 4. The first-order chi connectivity index (χ1) is 8.79. The van der Waals surface area contributed by atoms with Gasteiger partial charge in [-0.1, -0.05) is 0 Å². The Balaban J connectivity index is 1.92. The van der Waals surface area contributed by atoms with Crippen molar-refractivity contribution in [1.82, 2.24) is 15.1 Å². The minimum Gasteiger partial charge on any atom is -0.354 e. The van der Waals surface area contributed by atoms with Gasteiger partial charge >= 0.3 is 0 Å². The number of nitrogens with zero attached hydrogens (tertiary/aromatic N) is 4. The molecule has 1 saturated heterocycles. The van der Waals surface area contributed by atoms with Crippen molar-refractivity contribution in [2.45, 2.75) is 19.8 Å². The Labute approximate surface area is 109 Å². The number of hydrogen-bond acceptors (Lipinski definition) is 5. The van der Waals surface area contributed by atoms with E-state index in [0.717, 1.165) is 51.5 Å². The summed E-state index contributed by atoms with van der Waals surface area (Å²) in [4.78, 5) is 4.83. The lowest BCUT2D eigenvalue weighted by Gasteiger charge is -2.22. The molecule has 0 spiro atoms. The van der Waals surface area contributed by atoms with E-state index in [-0.39, 0.29) is 0 Å². The molecule has 1 aliphatic rings. The van der Waals surface area contributed by atoms with Crippen molar-refractivity contribution >= 4 is 5.82 Å². The van der Waals surface area contributed by atoms with Crippen molar-refractivity contribution in [3.63, 3.8) is 0 Å².